The number of nitrogens with zero attached hydrogens (tertiary/aromatic N) is 1. The molecule has 0 aliphatic carbocycles. The van der Waals surface area contributed by atoms with E-state index in [-0.39, 0.29) is 43.1 Å². The summed E-state index contributed by atoms with van der Waals surface area (Å²) in [6.45, 7) is 3.70. The number of anilines is 2. The third-order valence-electron chi connectivity index (χ3n) is 5.16. The average molecular weight is 447 g/mol. The van der Waals surface area contributed by atoms with Gasteiger partial charge in [-0.3, -0.25) is 14.4 Å². The van der Waals surface area contributed by atoms with E-state index in [2.05, 4.69) is 10.6 Å². The van der Waals surface area contributed by atoms with Gasteiger partial charge in [-0.05, 0) is 42.0 Å². The van der Waals surface area contributed by atoms with Gasteiger partial charge in [-0.2, -0.15) is 13.2 Å². The minimum Gasteiger partial charge on any atom is -0.338 e. The van der Waals surface area contributed by atoms with E-state index in [9.17, 15) is 27.6 Å². The summed E-state index contributed by atoms with van der Waals surface area (Å²) in [6.07, 6.45) is -4.46. The third kappa shape index (κ3) is 5.87. The summed E-state index contributed by atoms with van der Waals surface area (Å²) >= 11 is 0. The van der Waals surface area contributed by atoms with Crippen LogP contribution in [0.25, 0.3) is 0 Å². The molecule has 1 unspecified atom stereocenters. The maximum atomic E-state index is 12.9. The molecular weight excluding hydrogens is 423 g/mol. The van der Waals surface area contributed by atoms with Crippen molar-refractivity contribution in [2.24, 2.45) is 11.8 Å². The molecule has 9 heteroatoms. The first kappa shape index (κ1) is 23.3. The minimum absolute atomic E-state index is 0.00662. The molecule has 2 aromatic carbocycles. The van der Waals surface area contributed by atoms with Gasteiger partial charge in [0, 0.05) is 36.8 Å². The van der Waals surface area contributed by atoms with Gasteiger partial charge >= 0.3 is 6.18 Å². The molecule has 1 fully saturated rings. The van der Waals surface area contributed by atoms with Crippen LogP contribution in [-0.2, 0) is 27.1 Å². The Morgan fingerprint density at radius 1 is 1.06 bits per heavy atom. The van der Waals surface area contributed by atoms with Crippen LogP contribution in [0.1, 0.15) is 31.4 Å². The smallest absolute Gasteiger partial charge is 0.338 e. The van der Waals surface area contributed by atoms with Crippen LogP contribution in [-0.4, -0.2) is 29.2 Å². The van der Waals surface area contributed by atoms with Crippen LogP contribution in [0.5, 0.6) is 0 Å². The molecule has 32 heavy (non-hydrogen) atoms. The molecule has 0 radical (unpaired) electrons. The lowest BCUT2D eigenvalue weighted by Crippen LogP contribution is -2.28. The first-order chi connectivity index (χ1) is 15.0. The highest BCUT2D eigenvalue weighted by Gasteiger charge is 2.35. The second-order valence-corrected chi connectivity index (χ2v) is 8.08. The molecule has 1 atom stereocenters. The zero-order valence-corrected chi connectivity index (χ0v) is 17.7. The van der Waals surface area contributed by atoms with Gasteiger partial charge in [0.1, 0.15) is 0 Å². The number of halogens is 3. The van der Waals surface area contributed by atoms with Gasteiger partial charge in [0.2, 0.25) is 17.7 Å². The molecular formula is C23H24F3N3O3. The summed E-state index contributed by atoms with van der Waals surface area (Å²) in [6, 6.07) is 11.4. The van der Waals surface area contributed by atoms with Gasteiger partial charge in [-0.25, -0.2) is 0 Å². The number of alkyl halides is 3. The van der Waals surface area contributed by atoms with Crippen LogP contribution in [0, 0.1) is 11.8 Å². The monoisotopic (exact) mass is 447 g/mol. The largest absolute Gasteiger partial charge is 0.416 e. The van der Waals surface area contributed by atoms with Crippen molar-refractivity contribution < 1.29 is 27.6 Å². The SMILES string of the molecule is CC(C)C(=O)Nc1ccc(NC(=O)C2CC(=O)N(Cc3cccc(C(F)(F)F)c3)C2)cc1. The van der Waals surface area contributed by atoms with Crippen molar-refractivity contribution in [3.63, 3.8) is 0 Å². The molecule has 3 amide bonds. The second-order valence-electron chi connectivity index (χ2n) is 8.08. The molecule has 1 aliphatic heterocycles. The summed E-state index contributed by atoms with van der Waals surface area (Å²) in [4.78, 5) is 38.0. The Morgan fingerprint density at radius 2 is 1.69 bits per heavy atom. The van der Waals surface area contributed by atoms with Gasteiger partial charge in [0.25, 0.3) is 0 Å². The van der Waals surface area contributed by atoms with Gasteiger partial charge < -0.3 is 15.5 Å². The first-order valence-corrected chi connectivity index (χ1v) is 10.2. The number of carbonyl (C=O) groups excluding carboxylic acids is 3. The minimum atomic E-state index is -4.46. The standard InChI is InChI=1S/C23H24F3N3O3/c1-14(2)21(31)27-18-6-8-19(9-7-18)28-22(32)16-11-20(30)29(13-16)12-15-4-3-5-17(10-15)23(24,25)26/h3-10,14,16H,11-13H2,1-2H3,(H,27,31)(H,28,32). The summed E-state index contributed by atoms with van der Waals surface area (Å²) in [5, 5.41) is 5.49. The number of hydrogen-bond acceptors (Lipinski definition) is 3. The molecule has 0 aromatic heterocycles. The Labute approximate surface area is 183 Å². The Morgan fingerprint density at radius 3 is 2.28 bits per heavy atom. The number of carbonyl (C=O) groups is 3. The molecule has 0 spiro atoms. The van der Waals surface area contributed by atoms with Crippen LogP contribution >= 0.6 is 0 Å². The van der Waals surface area contributed by atoms with Crippen molar-refractivity contribution in [1.82, 2.24) is 4.90 Å². The first-order valence-electron chi connectivity index (χ1n) is 10.2. The van der Waals surface area contributed by atoms with Gasteiger partial charge in [-0.1, -0.05) is 26.0 Å². The third-order valence-corrected chi connectivity index (χ3v) is 5.16. The number of rotatable bonds is 6. The lowest BCUT2D eigenvalue weighted by molar-refractivity contribution is -0.137. The Hall–Kier alpha value is -3.36. The quantitative estimate of drug-likeness (QED) is 0.694. The van der Waals surface area contributed by atoms with E-state index in [4.69, 9.17) is 0 Å². The molecule has 2 N–H and O–H groups in total. The van der Waals surface area contributed by atoms with E-state index in [1.807, 2.05) is 0 Å². The van der Waals surface area contributed by atoms with Crippen molar-refractivity contribution in [2.75, 3.05) is 17.2 Å². The molecule has 1 saturated heterocycles. The maximum absolute atomic E-state index is 12.9. The summed E-state index contributed by atoms with van der Waals surface area (Å²) in [5.41, 5.74) is 0.698. The molecule has 3 rings (SSSR count). The lowest BCUT2D eigenvalue weighted by Gasteiger charge is -2.18. The summed E-state index contributed by atoms with van der Waals surface area (Å²) in [5.74, 6) is -1.51. The fraction of sp³-hybridized carbons (Fsp3) is 0.348. The zero-order chi connectivity index (χ0) is 23.5. The summed E-state index contributed by atoms with van der Waals surface area (Å²) < 4.78 is 38.7. The van der Waals surface area contributed by atoms with Crippen LogP contribution in [0.15, 0.2) is 48.5 Å². The van der Waals surface area contributed by atoms with Gasteiger partial charge in [0.05, 0.1) is 11.5 Å². The van der Waals surface area contributed by atoms with Crippen LogP contribution < -0.4 is 10.6 Å². The number of benzene rings is 2. The number of nitrogens with one attached hydrogen (secondary N) is 2. The molecule has 2 aromatic rings. The van der Waals surface area contributed by atoms with Crippen molar-refractivity contribution in [3.8, 4) is 0 Å². The van der Waals surface area contributed by atoms with Gasteiger partial charge in [0.15, 0.2) is 0 Å². The van der Waals surface area contributed by atoms with E-state index in [0.29, 0.717) is 16.9 Å². The topological polar surface area (TPSA) is 78.5 Å². The van der Waals surface area contributed by atoms with E-state index >= 15 is 0 Å². The van der Waals surface area contributed by atoms with Crippen molar-refractivity contribution >= 4 is 29.1 Å². The average Bonchev–Trinajstić information content (AvgIpc) is 3.09. The van der Waals surface area contributed by atoms with E-state index in [1.54, 1.807) is 38.1 Å². The Balaban J connectivity index is 1.58. The van der Waals surface area contributed by atoms with Crippen molar-refractivity contribution in [2.45, 2.75) is 33.0 Å². The van der Waals surface area contributed by atoms with E-state index < -0.39 is 17.7 Å². The summed E-state index contributed by atoms with van der Waals surface area (Å²) in [7, 11) is 0. The molecule has 170 valence electrons. The zero-order valence-electron chi connectivity index (χ0n) is 17.7. The fourth-order valence-electron chi connectivity index (χ4n) is 3.33. The lowest BCUT2D eigenvalue weighted by atomic mass is 10.1. The second kappa shape index (κ2) is 9.42. The Bertz CT molecular complexity index is 1000. The number of hydrogen-bond donors (Lipinski definition) is 2. The van der Waals surface area contributed by atoms with Crippen molar-refractivity contribution in [3.05, 3.63) is 59.7 Å². The predicted octanol–water partition coefficient (Wildman–Crippen LogP) is 4.29. The normalized spacial score (nSPS) is 16.4. The maximum Gasteiger partial charge on any atom is 0.416 e. The molecule has 6 nitrogen and oxygen atoms in total. The van der Waals surface area contributed by atoms with E-state index in [1.165, 1.54) is 17.0 Å². The highest BCUT2D eigenvalue weighted by Crippen LogP contribution is 2.30. The number of amides is 3. The molecule has 1 aliphatic rings. The number of likely N-dealkylation sites (tertiary alicyclic amines) is 1. The molecule has 1 heterocycles. The van der Waals surface area contributed by atoms with Crippen LogP contribution in [0.2, 0.25) is 0 Å². The fourth-order valence-corrected chi connectivity index (χ4v) is 3.33. The Kier molecular flexibility index (Phi) is 6.86. The van der Waals surface area contributed by atoms with Gasteiger partial charge in [-0.15, -0.1) is 0 Å². The molecule has 0 saturated carbocycles. The molecule has 0 bridgehead atoms. The van der Waals surface area contributed by atoms with Crippen LogP contribution in [0.3, 0.4) is 0 Å². The predicted molar refractivity (Wildman–Crippen MR) is 114 cm³/mol. The van der Waals surface area contributed by atoms with Crippen molar-refractivity contribution in [1.29, 1.82) is 0 Å². The highest BCUT2D eigenvalue weighted by molar-refractivity contribution is 5.97. The van der Waals surface area contributed by atoms with E-state index in [0.717, 1.165) is 12.1 Å². The highest BCUT2D eigenvalue weighted by atomic mass is 19.4. The van der Waals surface area contributed by atoms with Crippen LogP contribution in [0.4, 0.5) is 24.5 Å².